The number of rotatable bonds is 6. The van der Waals surface area contributed by atoms with Crippen LogP contribution in [0.15, 0.2) is 60.7 Å². The van der Waals surface area contributed by atoms with E-state index in [4.69, 9.17) is 0 Å². The molecule has 2 aromatic rings. The van der Waals surface area contributed by atoms with Gasteiger partial charge in [0.2, 0.25) is 0 Å². The highest BCUT2D eigenvalue weighted by Gasteiger charge is 2.54. The minimum Gasteiger partial charge on any atom is -0.387 e. The van der Waals surface area contributed by atoms with Crippen molar-refractivity contribution >= 4 is 5.78 Å². The third-order valence-corrected chi connectivity index (χ3v) is 5.11. The first-order valence-electron chi connectivity index (χ1n) is 8.45. The molecule has 2 rings (SSSR count). The van der Waals surface area contributed by atoms with Crippen molar-refractivity contribution < 1.29 is 23.1 Å². The lowest BCUT2D eigenvalue weighted by Gasteiger charge is -2.36. The molecule has 140 valence electrons. The van der Waals surface area contributed by atoms with Gasteiger partial charge < -0.3 is 5.11 Å². The maximum Gasteiger partial charge on any atom is 0.401 e. The Morgan fingerprint density at radius 1 is 0.885 bits per heavy atom. The highest BCUT2D eigenvalue weighted by Crippen LogP contribution is 2.45. The lowest BCUT2D eigenvalue weighted by Crippen LogP contribution is -2.44. The standard InChI is InChI=1S/C21H23F3O2/c1-14(15-10-6-4-7-11-15)20(2,3)19(26)17(21(22,23)24)18(25)16-12-8-5-9-13-16/h4-14,17-18,25H,1-3H3/t14?,17-,18+/m0/s1. The molecule has 0 saturated carbocycles. The minimum atomic E-state index is -4.85. The first-order valence-corrected chi connectivity index (χ1v) is 8.45. The summed E-state index contributed by atoms with van der Waals surface area (Å²) in [5, 5.41) is 10.4. The number of Topliss-reactive ketones (excluding diaryl/α,β-unsaturated/α-hetero) is 1. The maximum atomic E-state index is 13.7. The summed E-state index contributed by atoms with van der Waals surface area (Å²) < 4.78 is 41.2. The molecular weight excluding hydrogens is 341 g/mol. The predicted octanol–water partition coefficient (Wildman–Crippen LogP) is 5.30. The quantitative estimate of drug-likeness (QED) is 0.755. The van der Waals surface area contributed by atoms with Gasteiger partial charge in [0.1, 0.15) is 5.92 Å². The Labute approximate surface area is 151 Å². The number of aliphatic hydroxyl groups excluding tert-OH is 1. The number of halogens is 3. The number of aliphatic hydroxyl groups is 1. The number of benzene rings is 2. The summed E-state index contributed by atoms with van der Waals surface area (Å²) in [6, 6.07) is 16.5. The zero-order valence-corrected chi connectivity index (χ0v) is 15.0. The minimum absolute atomic E-state index is 0.0753. The molecule has 3 atom stereocenters. The normalized spacial score (nSPS) is 16.0. The molecule has 5 heteroatoms. The maximum absolute atomic E-state index is 13.7. The van der Waals surface area contributed by atoms with Crippen molar-refractivity contribution in [3.05, 3.63) is 71.8 Å². The number of hydrogen-bond donors (Lipinski definition) is 1. The molecule has 0 aromatic heterocycles. The fourth-order valence-corrected chi connectivity index (χ4v) is 3.09. The highest BCUT2D eigenvalue weighted by molar-refractivity contribution is 5.88. The molecule has 26 heavy (non-hydrogen) atoms. The molecule has 2 aromatic carbocycles. The molecular formula is C21H23F3O2. The van der Waals surface area contributed by atoms with Gasteiger partial charge in [-0.1, -0.05) is 81.4 Å². The Morgan fingerprint density at radius 2 is 1.31 bits per heavy atom. The van der Waals surface area contributed by atoms with E-state index in [-0.39, 0.29) is 5.56 Å². The van der Waals surface area contributed by atoms with Crippen molar-refractivity contribution in [2.24, 2.45) is 11.3 Å². The van der Waals surface area contributed by atoms with E-state index in [1.807, 2.05) is 6.07 Å². The summed E-state index contributed by atoms with van der Waals surface area (Å²) in [7, 11) is 0. The van der Waals surface area contributed by atoms with Crippen LogP contribution in [0.4, 0.5) is 13.2 Å². The number of hydrogen-bond acceptors (Lipinski definition) is 2. The molecule has 1 unspecified atom stereocenters. The predicted molar refractivity (Wildman–Crippen MR) is 94.6 cm³/mol. The van der Waals surface area contributed by atoms with E-state index in [2.05, 4.69) is 0 Å². The van der Waals surface area contributed by atoms with E-state index in [0.717, 1.165) is 5.56 Å². The highest BCUT2D eigenvalue weighted by atomic mass is 19.4. The lowest BCUT2D eigenvalue weighted by molar-refractivity contribution is -0.206. The molecule has 2 nitrogen and oxygen atoms in total. The van der Waals surface area contributed by atoms with Gasteiger partial charge in [-0.3, -0.25) is 4.79 Å². The van der Waals surface area contributed by atoms with Crippen molar-refractivity contribution in [2.45, 2.75) is 39.0 Å². The van der Waals surface area contributed by atoms with E-state index in [0.29, 0.717) is 0 Å². The first-order chi connectivity index (χ1) is 12.1. The largest absolute Gasteiger partial charge is 0.401 e. The summed E-state index contributed by atoms with van der Waals surface area (Å²) in [6.45, 7) is 4.74. The molecule has 0 saturated heterocycles. The van der Waals surface area contributed by atoms with Crippen LogP contribution in [0.3, 0.4) is 0 Å². The van der Waals surface area contributed by atoms with E-state index in [1.54, 1.807) is 37.3 Å². The summed E-state index contributed by atoms with van der Waals surface area (Å²) in [6.07, 6.45) is -6.79. The van der Waals surface area contributed by atoms with Crippen molar-refractivity contribution in [1.82, 2.24) is 0 Å². The second kappa shape index (κ2) is 7.62. The van der Waals surface area contributed by atoms with Crippen LogP contribution in [0, 0.1) is 11.3 Å². The van der Waals surface area contributed by atoms with E-state index in [1.165, 1.54) is 38.1 Å². The third-order valence-electron chi connectivity index (χ3n) is 5.11. The van der Waals surface area contributed by atoms with Gasteiger partial charge in [-0.2, -0.15) is 13.2 Å². The Hall–Kier alpha value is -2.14. The summed E-state index contributed by atoms with van der Waals surface area (Å²) in [5.41, 5.74) is -0.454. The zero-order valence-electron chi connectivity index (χ0n) is 15.0. The molecule has 0 aliphatic heterocycles. The van der Waals surface area contributed by atoms with Crippen LogP contribution in [-0.4, -0.2) is 17.1 Å². The molecule has 0 bridgehead atoms. The lowest BCUT2D eigenvalue weighted by atomic mass is 9.68. The molecule has 0 aliphatic rings. The van der Waals surface area contributed by atoms with E-state index >= 15 is 0 Å². The van der Waals surface area contributed by atoms with E-state index in [9.17, 15) is 23.1 Å². The molecule has 0 aliphatic carbocycles. The molecule has 0 amide bonds. The Balaban J connectivity index is 2.40. The van der Waals surface area contributed by atoms with Crippen molar-refractivity contribution in [3.63, 3.8) is 0 Å². The van der Waals surface area contributed by atoms with Gasteiger partial charge in [-0.15, -0.1) is 0 Å². The smallest absolute Gasteiger partial charge is 0.387 e. The van der Waals surface area contributed by atoms with Crippen LogP contribution in [0.25, 0.3) is 0 Å². The average molecular weight is 364 g/mol. The number of carbonyl (C=O) groups is 1. The topological polar surface area (TPSA) is 37.3 Å². The summed E-state index contributed by atoms with van der Waals surface area (Å²) >= 11 is 0. The molecule has 0 fully saturated rings. The van der Waals surface area contributed by atoms with Gasteiger partial charge in [0.15, 0.2) is 5.78 Å². The SMILES string of the molecule is CC(c1ccccc1)C(C)(C)C(=O)[C@H]([C@H](O)c1ccccc1)C(F)(F)F. The Morgan fingerprint density at radius 3 is 1.73 bits per heavy atom. The number of alkyl halides is 3. The Kier molecular flexibility index (Phi) is 5.91. The van der Waals surface area contributed by atoms with Gasteiger partial charge >= 0.3 is 6.18 Å². The van der Waals surface area contributed by atoms with Crippen LogP contribution in [-0.2, 0) is 4.79 Å². The van der Waals surface area contributed by atoms with Crippen LogP contribution in [0.2, 0.25) is 0 Å². The monoisotopic (exact) mass is 364 g/mol. The van der Waals surface area contributed by atoms with Crippen molar-refractivity contribution in [1.29, 1.82) is 0 Å². The number of ketones is 1. The fourth-order valence-electron chi connectivity index (χ4n) is 3.09. The summed E-state index contributed by atoms with van der Waals surface area (Å²) in [4.78, 5) is 13.0. The zero-order chi connectivity index (χ0) is 19.5. The van der Waals surface area contributed by atoms with Gasteiger partial charge in [0.25, 0.3) is 0 Å². The summed E-state index contributed by atoms with van der Waals surface area (Å²) in [5.74, 6) is -3.94. The molecule has 0 spiro atoms. The van der Waals surface area contributed by atoms with Crippen LogP contribution in [0.1, 0.15) is 43.9 Å². The van der Waals surface area contributed by atoms with Crippen LogP contribution in [0.5, 0.6) is 0 Å². The third kappa shape index (κ3) is 4.15. The van der Waals surface area contributed by atoms with Crippen molar-refractivity contribution in [3.8, 4) is 0 Å². The average Bonchev–Trinajstić information content (AvgIpc) is 2.61. The van der Waals surface area contributed by atoms with Gasteiger partial charge in [0, 0.05) is 5.41 Å². The second-order valence-electron chi connectivity index (χ2n) is 7.09. The Bertz CT molecular complexity index is 724. The van der Waals surface area contributed by atoms with Crippen LogP contribution < -0.4 is 0 Å². The molecule has 0 radical (unpaired) electrons. The molecule has 0 heterocycles. The second-order valence-corrected chi connectivity index (χ2v) is 7.09. The van der Waals surface area contributed by atoms with E-state index < -0.39 is 35.3 Å². The van der Waals surface area contributed by atoms with Gasteiger partial charge in [0.05, 0.1) is 6.10 Å². The number of carbonyl (C=O) groups excluding carboxylic acids is 1. The van der Waals surface area contributed by atoms with Crippen LogP contribution >= 0.6 is 0 Å². The van der Waals surface area contributed by atoms with Crippen molar-refractivity contribution in [2.75, 3.05) is 0 Å². The molecule has 1 N–H and O–H groups in total. The van der Waals surface area contributed by atoms with Gasteiger partial charge in [-0.05, 0) is 17.0 Å². The first kappa shape index (κ1) is 20.2. The van der Waals surface area contributed by atoms with Gasteiger partial charge in [-0.25, -0.2) is 0 Å². The fraction of sp³-hybridized carbons (Fsp3) is 0.381.